The Kier molecular flexibility index (Phi) is 3.29. The van der Waals surface area contributed by atoms with Gasteiger partial charge in [-0.2, -0.15) is 0 Å². The summed E-state index contributed by atoms with van der Waals surface area (Å²) in [6, 6.07) is 1.04. The van der Waals surface area contributed by atoms with Gasteiger partial charge < -0.3 is 10.1 Å². The van der Waals surface area contributed by atoms with Crippen LogP contribution in [0.5, 0.6) is 0 Å². The molecule has 0 bridgehead atoms. The van der Waals surface area contributed by atoms with Crippen molar-refractivity contribution in [3.8, 4) is 0 Å². The highest BCUT2D eigenvalue weighted by Gasteiger charge is 2.16. The first-order valence-corrected chi connectivity index (χ1v) is 4.34. The molecule has 2 amide bonds. The van der Waals surface area contributed by atoms with Crippen LogP contribution in [-0.4, -0.2) is 21.7 Å². The summed E-state index contributed by atoms with van der Waals surface area (Å²) in [7, 11) is 0. The molecule has 1 aromatic heterocycles. The fourth-order valence-corrected chi connectivity index (χ4v) is 1.08. The number of pyridine rings is 1. The largest absolute Gasteiger partial charge is 0.364 e. The van der Waals surface area contributed by atoms with E-state index in [1.165, 1.54) is 13.1 Å². The highest BCUT2D eigenvalue weighted by atomic mass is 16.6. The summed E-state index contributed by atoms with van der Waals surface area (Å²) in [5, 5.41) is 12.5. The number of aromatic nitrogens is 1. The van der Waals surface area contributed by atoms with E-state index in [1.54, 1.807) is 6.92 Å². The van der Waals surface area contributed by atoms with Gasteiger partial charge in [0, 0.05) is 18.6 Å². The van der Waals surface area contributed by atoms with Crippen molar-refractivity contribution < 1.29 is 14.5 Å². The van der Waals surface area contributed by atoms with Gasteiger partial charge in [0.1, 0.15) is 6.20 Å². The zero-order chi connectivity index (χ0) is 12.3. The molecule has 1 rings (SSSR count). The second-order valence-electron chi connectivity index (χ2n) is 3.12. The molecule has 0 saturated heterocycles. The van der Waals surface area contributed by atoms with Crippen LogP contribution in [-0.2, 0) is 4.79 Å². The van der Waals surface area contributed by atoms with Gasteiger partial charge in [0.05, 0.1) is 5.56 Å². The predicted octanol–water partition coefficient (Wildman–Crippen LogP) is 0.575. The summed E-state index contributed by atoms with van der Waals surface area (Å²) >= 11 is 0. The van der Waals surface area contributed by atoms with Crippen molar-refractivity contribution in [2.75, 3.05) is 0 Å². The van der Waals surface area contributed by atoms with E-state index in [1.807, 2.05) is 5.32 Å². The minimum absolute atomic E-state index is 0.0666. The molecule has 0 unspecified atom stereocenters. The molecule has 0 fully saturated rings. The first kappa shape index (κ1) is 11.8. The SMILES string of the molecule is CC(=O)NC(=O)c1cc([N+](=O)[O-])ncc1C. The van der Waals surface area contributed by atoms with Crippen molar-refractivity contribution in [3.05, 3.63) is 33.5 Å². The molecular formula is C9H9N3O4. The molecule has 0 aliphatic carbocycles. The van der Waals surface area contributed by atoms with Gasteiger partial charge in [-0.05, 0) is 16.8 Å². The van der Waals surface area contributed by atoms with E-state index in [0.29, 0.717) is 5.56 Å². The third kappa shape index (κ3) is 2.59. The minimum Gasteiger partial charge on any atom is -0.358 e. The van der Waals surface area contributed by atoms with Crippen LogP contribution < -0.4 is 5.32 Å². The number of hydrogen-bond acceptors (Lipinski definition) is 5. The van der Waals surface area contributed by atoms with Gasteiger partial charge in [0.15, 0.2) is 0 Å². The van der Waals surface area contributed by atoms with Gasteiger partial charge in [-0.3, -0.25) is 14.9 Å². The van der Waals surface area contributed by atoms with Crippen LogP contribution in [0, 0.1) is 17.0 Å². The first-order valence-electron chi connectivity index (χ1n) is 4.34. The highest BCUT2D eigenvalue weighted by molar-refractivity contribution is 6.05. The fraction of sp³-hybridized carbons (Fsp3) is 0.222. The number of nitrogens with one attached hydrogen (secondary N) is 1. The smallest absolute Gasteiger partial charge is 0.358 e. The summed E-state index contributed by atoms with van der Waals surface area (Å²) in [6.07, 6.45) is 1.22. The molecule has 1 aromatic rings. The molecule has 7 heteroatoms. The van der Waals surface area contributed by atoms with Crippen molar-refractivity contribution in [1.29, 1.82) is 0 Å². The molecule has 1 heterocycles. The molecule has 0 spiro atoms. The Balaban J connectivity index is 3.11. The second-order valence-corrected chi connectivity index (χ2v) is 3.12. The Morgan fingerprint density at radius 3 is 2.62 bits per heavy atom. The van der Waals surface area contributed by atoms with Gasteiger partial charge in [-0.1, -0.05) is 0 Å². The summed E-state index contributed by atoms with van der Waals surface area (Å²) in [5.74, 6) is -1.63. The Morgan fingerprint density at radius 2 is 2.12 bits per heavy atom. The van der Waals surface area contributed by atoms with Gasteiger partial charge in [-0.15, -0.1) is 0 Å². The van der Waals surface area contributed by atoms with Crippen molar-refractivity contribution in [1.82, 2.24) is 10.3 Å². The third-order valence-electron chi connectivity index (χ3n) is 1.81. The van der Waals surface area contributed by atoms with E-state index in [-0.39, 0.29) is 5.56 Å². The molecule has 0 saturated carbocycles. The summed E-state index contributed by atoms with van der Waals surface area (Å²) in [5.41, 5.74) is 0.529. The van der Waals surface area contributed by atoms with Crippen LogP contribution in [0.25, 0.3) is 0 Å². The van der Waals surface area contributed by atoms with E-state index in [2.05, 4.69) is 4.98 Å². The monoisotopic (exact) mass is 223 g/mol. The Morgan fingerprint density at radius 1 is 1.50 bits per heavy atom. The van der Waals surface area contributed by atoms with Crippen LogP contribution in [0.15, 0.2) is 12.3 Å². The van der Waals surface area contributed by atoms with Crippen molar-refractivity contribution >= 4 is 17.6 Å². The standard InChI is InChI=1S/C9H9N3O4/c1-5-4-10-8(12(15)16)3-7(5)9(14)11-6(2)13/h3-4H,1-2H3,(H,11,13,14). The van der Waals surface area contributed by atoms with Gasteiger partial charge >= 0.3 is 5.82 Å². The maximum Gasteiger partial charge on any atom is 0.364 e. The molecule has 84 valence electrons. The summed E-state index contributed by atoms with van der Waals surface area (Å²) in [6.45, 7) is 2.76. The molecule has 16 heavy (non-hydrogen) atoms. The van der Waals surface area contributed by atoms with Crippen LogP contribution in [0.3, 0.4) is 0 Å². The number of nitro groups is 1. The first-order chi connectivity index (χ1) is 7.41. The number of hydrogen-bond donors (Lipinski definition) is 1. The number of rotatable bonds is 2. The fourth-order valence-electron chi connectivity index (χ4n) is 1.08. The molecular weight excluding hydrogens is 214 g/mol. The predicted molar refractivity (Wildman–Crippen MR) is 53.8 cm³/mol. The molecule has 0 aliphatic heterocycles. The number of carbonyl (C=O) groups is 2. The van der Waals surface area contributed by atoms with Gasteiger partial charge in [0.25, 0.3) is 5.91 Å². The number of imide groups is 1. The van der Waals surface area contributed by atoms with Crippen LogP contribution in [0.1, 0.15) is 22.8 Å². The number of aryl methyl sites for hydroxylation is 1. The number of carbonyl (C=O) groups excluding carboxylic acids is 2. The quantitative estimate of drug-likeness (QED) is 0.583. The number of nitrogens with zero attached hydrogens (tertiary/aromatic N) is 2. The maximum atomic E-state index is 11.5. The van der Waals surface area contributed by atoms with E-state index in [9.17, 15) is 19.7 Å². The van der Waals surface area contributed by atoms with Crippen molar-refractivity contribution in [2.24, 2.45) is 0 Å². The molecule has 0 atom stereocenters. The lowest BCUT2D eigenvalue weighted by atomic mass is 10.1. The molecule has 0 aliphatic rings. The lowest BCUT2D eigenvalue weighted by molar-refractivity contribution is -0.389. The molecule has 1 N–H and O–H groups in total. The minimum atomic E-state index is -0.704. The average molecular weight is 223 g/mol. The molecule has 0 aromatic carbocycles. The lowest BCUT2D eigenvalue weighted by Gasteiger charge is -2.03. The molecule has 0 radical (unpaired) electrons. The normalized spacial score (nSPS) is 9.62. The average Bonchev–Trinajstić information content (AvgIpc) is 2.16. The topological polar surface area (TPSA) is 102 Å². The maximum absolute atomic E-state index is 11.5. The third-order valence-corrected chi connectivity index (χ3v) is 1.81. The Hall–Kier alpha value is -2.31. The summed E-state index contributed by atoms with van der Waals surface area (Å²) < 4.78 is 0. The lowest BCUT2D eigenvalue weighted by Crippen LogP contribution is -2.28. The summed E-state index contributed by atoms with van der Waals surface area (Å²) in [4.78, 5) is 35.4. The zero-order valence-electron chi connectivity index (χ0n) is 8.68. The van der Waals surface area contributed by atoms with Crippen LogP contribution in [0.2, 0.25) is 0 Å². The molecule has 7 nitrogen and oxygen atoms in total. The van der Waals surface area contributed by atoms with E-state index in [0.717, 1.165) is 6.07 Å². The second kappa shape index (κ2) is 4.47. The van der Waals surface area contributed by atoms with Gasteiger partial charge in [-0.25, -0.2) is 0 Å². The Labute approximate surface area is 90.6 Å². The zero-order valence-corrected chi connectivity index (χ0v) is 8.68. The van der Waals surface area contributed by atoms with E-state index < -0.39 is 22.6 Å². The van der Waals surface area contributed by atoms with E-state index >= 15 is 0 Å². The van der Waals surface area contributed by atoms with Crippen LogP contribution >= 0.6 is 0 Å². The van der Waals surface area contributed by atoms with Crippen LogP contribution in [0.4, 0.5) is 5.82 Å². The van der Waals surface area contributed by atoms with Crippen molar-refractivity contribution in [3.63, 3.8) is 0 Å². The Bertz CT molecular complexity index is 470. The number of amides is 2. The highest BCUT2D eigenvalue weighted by Crippen LogP contribution is 2.13. The van der Waals surface area contributed by atoms with E-state index in [4.69, 9.17) is 0 Å². The van der Waals surface area contributed by atoms with Gasteiger partial charge in [0.2, 0.25) is 5.91 Å². The van der Waals surface area contributed by atoms with Crippen molar-refractivity contribution in [2.45, 2.75) is 13.8 Å².